The Hall–Kier alpha value is -5.66. The highest BCUT2D eigenvalue weighted by Crippen LogP contribution is 2.17. The number of hydrogen-bond acceptors (Lipinski definition) is 9. The van der Waals surface area contributed by atoms with E-state index in [4.69, 9.17) is 10.5 Å². The maximum absolute atomic E-state index is 13.7. The predicted octanol–water partition coefficient (Wildman–Crippen LogP) is 1.48. The van der Waals surface area contributed by atoms with Crippen molar-refractivity contribution >= 4 is 23.6 Å². The molecule has 0 saturated heterocycles. The van der Waals surface area contributed by atoms with Crippen molar-refractivity contribution in [3.63, 3.8) is 0 Å². The Morgan fingerprint density at radius 3 is 2.06 bits per heavy atom. The molecule has 0 bridgehead atoms. The number of nitrogens with zero attached hydrogens (tertiary/aromatic N) is 5. The minimum Gasteiger partial charge on any atom is -0.476 e. The Bertz CT molecular complexity index is 1640. The second-order valence-electron chi connectivity index (χ2n) is 11.1. The molecule has 13 heteroatoms. The number of pyridine rings is 2. The summed E-state index contributed by atoms with van der Waals surface area (Å²) < 4.78 is 5.85. The molecule has 4 N–H and O–H groups in total. The highest BCUT2D eigenvalue weighted by atomic mass is 16.5. The quantitative estimate of drug-likeness (QED) is 0.134. The number of nitrogens with one attached hydrogen (secondary N) is 1. The average molecular weight is 668 g/mol. The summed E-state index contributed by atoms with van der Waals surface area (Å²) in [6.07, 6.45) is 1.67. The summed E-state index contributed by atoms with van der Waals surface area (Å²) in [5, 5.41) is 12.4. The third-order valence-electron chi connectivity index (χ3n) is 7.33. The zero-order valence-corrected chi connectivity index (χ0v) is 27.2. The van der Waals surface area contributed by atoms with Crippen molar-refractivity contribution in [2.75, 3.05) is 52.5 Å². The lowest BCUT2D eigenvalue weighted by Gasteiger charge is -2.29. The normalized spacial score (nSPS) is 10.7. The van der Waals surface area contributed by atoms with Crippen LogP contribution in [0.2, 0.25) is 0 Å². The lowest BCUT2D eigenvalue weighted by atomic mass is 10.2. The van der Waals surface area contributed by atoms with Crippen LogP contribution in [-0.2, 0) is 32.3 Å². The molecule has 0 atom stereocenters. The Kier molecular flexibility index (Phi) is 14.2. The van der Waals surface area contributed by atoms with Gasteiger partial charge in [-0.3, -0.25) is 29.1 Å². The molecule has 2 aromatic carbocycles. The van der Waals surface area contributed by atoms with Crippen molar-refractivity contribution < 1.29 is 29.0 Å². The third-order valence-corrected chi connectivity index (χ3v) is 7.33. The van der Waals surface area contributed by atoms with Gasteiger partial charge in [-0.05, 0) is 29.3 Å². The Labute approximate surface area is 285 Å². The fourth-order valence-electron chi connectivity index (χ4n) is 4.89. The molecule has 0 aliphatic carbocycles. The number of amides is 4. The molecule has 2 aromatic heterocycles. The third kappa shape index (κ3) is 12.5. The van der Waals surface area contributed by atoms with Crippen LogP contribution in [0, 0.1) is 0 Å². The molecular weight excluding hydrogens is 626 g/mol. The molecule has 0 saturated carbocycles. The van der Waals surface area contributed by atoms with Crippen LogP contribution in [0.4, 0.5) is 0 Å². The van der Waals surface area contributed by atoms with Gasteiger partial charge in [-0.15, -0.1) is 0 Å². The van der Waals surface area contributed by atoms with E-state index in [2.05, 4.69) is 15.3 Å². The fourth-order valence-corrected chi connectivity index (χ4v) is 4.89. The molecule has 4 aromatic rings. The van der Waals surface area contributed by atoms with Gasteiger partial charge in [0.15, 0.2) is 0 Å². The standard InChI is InChI=1S/C36H41N7O6/c37-32(45)24-41(19-21-49-34-16-9-15-31(40-34)30-14-7-8-17-38-30)26-35(47)43(23-29-12-5-2-6-13-29)27-36(48)42(18-20-44)25-33(46)39-22-28-10-3-1-4-11-28/h1-17,44H,18-27H2,(H2,37,45)(H,39,46). The monoisotopic (exact) mass is 667 g/mol. The van der Waals surface area contributed by atoms with E-state index in [1.165, 1.54) is 14.7 Å². The highest BCUT2D eigenvalue weighted by molar-refractivity contribution is 5.89. The van der Waals surface area contributed by atoms with Crippen molar-refractivity contribution in [3.8, 4) is 17.3 Å². The second-order valence-corrected chi connectivity index (χ2v) is 11.1. The zero-order chi connectivity index (χ0) is 34.8. The summed E-state index contributed by atoms with van der Waals surface area (Å²) in [6, 6.07) is 29.3. The summed E-state index contributed by atoms with van der Waals surface area (Å²) in [6.45, 7) is -0.913. The van der Waals surface area contributed by atoms with E-state index in [1.807, 2.05) is 84.9 Å². The van der Waals surface area contributed by atoms with Gasteiger partial charge >= 0.3 is 0 Å². The first-order chi connectivity index (χ1) is 23.8. The Balaban J connectivity index is 1.40. The molecule has 4 rings (SSSR count). The molecule has 0 aliphatic rings. The topological polar surface area (TPSA) is 171 Å². The first kappa shape index (κ1) is 36.2. The first-order valence-electron chi connectivity index (χ1n) is 15.8. The second kappa shape index (κ2) is 19.2. The van der Waals surface area contributed by atoms with E-state index < -0.39 is 23.6 Å². The summed E-state index contributed by atoms with van der Waals surface area (Å²) in [5.74, 6) is -1.65. The number of aromatic nitrogens is 2. The molecule has 256 valence electrons. The van der Waals surface area contributed by atoms with Crippen molar-refractivity contribution in [2.45, 2.75) is 13.1 Å². The van der Waals surface area contributed by atoms with Crippen LogP contribution >= 0.6 is 0 Å². The van der Waals surface area contributed by atoms with Gasteiger partial charge in [-0.2, -0.15) is 0 Å². The molecule has 0 spiro atoms. The van der Waals surface area contributed by atoms with Gasteiger partial charge in [0.2, 0.25) is 29.5 Å². The van der Waals surface area contributed by atoms with Gasteiger partial charge in [-0.1, -0.05) is 72.8 Å². The van der Waals surface area contributed by atoms with Crippen LogP contribution < -0.4 is 15.8 Å². The smallest absolute Gasteiger partial charge is 0.242 e. The SMILES string of the molecule is NC(=O)CN(CCOc1cccc(-c2ccccn2)n1)CC(=O)N(CC(=O)N(CCO)CC(=O)NCc1ccccc1)Cc1ccccc1. The van der Waals surface area contributed by atoms with Gasteiger partial charge < -0.3 is 30.7 Å². The van der Waals surface area contributed by atoms with E-state index in [0.717, 1.165) is 11.1 Å². The largest absolute Gasteiger partial charge is 0.476 e. The van der Waals surface area contributed by atoms with Crippen LogP contribution in [0.15, 0.2) is 103 Å². The highest BCUT2D eigenvalue weighted by Gasteiger charge is 2.25. The maximum atomic E-state index is 13.7. The van der Waals surface area contributed by atoms with E-state index in [0.29, 0.717) is 17.3 Å². The minimum absolute atomic E-state index is 0.0916. The predicted molar refractivity (Wildman–Crippen MR) is 182 cm³/mol. The van der Waals surface area contributed by atoms with Gasteiger partial charge in [0.1, 0.15) is 13.2 Å². The number of nitrogens with two attached hydrogens (primary N) is 1. The van der Waals surface area contributed by atoms with E-state index >= 15 is 0 Å². The number of aliphatic hydroxyl groups excluding tert-OH is 1. The molecule has 0 radical (unpaired) electrons. The van der Waals surface area contributed by atoms with Gasteiger partial charge in [0.05, 0.1) is 37.6 Å². The number of benzene rings is 2. The molecule has 0 aliphatic heterocycles. The number of hydrogen-bond donors (Lipinski definition) is 3. The van der Waals surface area contributed by atoms with Gasteiger partial charge in [0.25, 0.3) is 0 Å². The molecule has 49 heavy (non-hydrogen) atoms. The summed E-state index contributed by atoms with van der Waals surface area (Å²) in [5.41, 5.74) is 8.51. The average Bonchev–Trinajstić information content (AvgIpc) is 3.11. The van der Waals surface area contributed by atoms with E-state index in [9.17, 15) is 24.3 Å². The number of ether oxygens (including phenoxy) is 1. The molecule has 13 nitrogen and oxygen atoms in total. The number of rotatable bonds is 19. The van der Waals surface area contributed by atoms with E-state index in [1.54, 1.807) is 18.3 Å². The molecule has 2 heterocycles. The van der Waals surface area contributed by atoms with Gasteiger partial charge in [-0.25, -0.2) is 4.98 Å². The van der Waals surface area contributed by atoms with Crippen LogP contribution in [-0.4, -0.2) is 106 Å². The molecule has 4 amide bonds. The molecule has 0 fully saturated rings. The lowest BCUT2D eigenvalue weighted by Crippen LogP contribution is -2.49. The summed E-state index contributed by atoms with van der Waals surface area (Å²) >= 11 is 0. The van der Waals surface area contributed by atoms with Crippen LogP contribution in [0.3, 0.4) is 0 Å². The lowest BCUT2D eigenvalue weighted by molar-refractivity contribution is -0.143. The number of carbonyl (C=O) groups is 4. The summed E-state index contributed by atoms with van der Waals surface area (Å²) in [7, 11) is 0. The van der Waals surface area contributed by atoms with Crippen LogP contribution in [0.5, 0.6) is 5.88 Å². The van der Waals surface area contributed by atoms with Crippen molar-refractivity contribution in [1.29, 1.82) is 0 Å². The molecular formula is C36H41N7O6. The fraction of sp³-hybridized carbons (Fsp3) is 0.278. The Morgan fingerprint density at radius 1 is 0.714 bits per heavy atom. The Morgan fingerprint density at radius 2 is 1.39 bits per heavy atom. The first-order valence-corrected chi connectivity index (χ1v) is 15.8. The maximum Gasteiger partial charge on any atom is 0.242 e. The van der Waals surface area contributed by atoms with Crippen molar-refractivity contribution in [1.82, 2.24) is 30.0 Å². The zero-order valence-electron chi connectivity index (χ0n) is 27.2. The van der Waals surface area contributed by atoms with Crippen molar-refractivity contribution in [2.24, 2.45) is 5.73 Å². The van der Waals surface area contributed by atoms with Crippen LogP contribution in [0.1, 0.15) is 11.1 Å². The summed E-state index contributed by atoms with van der Waals surface area (Å²) in [4.78, 5) is 64.8. The van der Waals surface area contributed by atoms with Crippen LogP contribution in [0.25, 0.3) is 11.4 Å². The van der Waals surface area contributed by atoms with Gasteiger partial charge in [0, 0.05) is 38.4 Å². The van der Waals surface area contributed by atoms with Crippen molar-refractivity contribution in [3.05, 3.63) is 114 Å². The minimum atomic E-state index is -0.635. The number of primary amides is 1. The number of aliphatic hydroxyl groups is 1. The number of carbonyl (C=O) groups excluding carboxylic acids is 4. The molecule has 0 unspecified atom stereocenters. The van der Waals surface area contributed by atoms with E-state index in [-0.39, 0.29) is 65.6 Å².